The van der Waals surface area contributed by atoms with Gasteiger partial charge in [0.15, 0.2) is 0 Å². The maximum atomic E-state index is 9.51. The molecule has 4 heteroatoms. The second kappa shape index (κ2) is 3.12. The Hall–Kier alpha value is 0.0101. The van der Waals surface area contributed by atoms with E-state index in [0.717, 1.165) is 10.6 Å². The molecule has 0 aliphatic carbocycles. The Morgan fingerprint density at radius 1 is 1.75 bits per heavy atom. The minimum absolute atomic E-state index is 1.09. The predicted molar refractivity (Wildman–Crippen MR) is 31.2 cm³/mol. The van der Waals surface area contributed by atoms with Crippen molar-refractivity contribution in [3.05, 3.63) is 14.8 Å². The standard InChI is InChI=1S/C4H6.In.HNO2/c1-3-4-2;;2-1-3/h1,3H,2,4H2;;(H,2,3)/q;+1;/p-1. The fourth-order valence-electron chi connectivity index (χ4n) is 0.748. The first-order valence-electron chi connectivity index (χ1n) is 2.58. The molecular formula is C4H6InNO2. The van der Waals surface area contributed by atoms with Crippen LogP contribution in [0.4, 0.5) is 0 Å². The van der Waals surface area contributed by atoms with Crippen molar-refractivity contribution in [1.82, 2.24) is 0 Å². The van der Waals surface area contributed by atoms with Crippen LogP contribution in [0.2, 0.25) is 4.18 Å². The van der Waals surface area contributed by atoms with Gasteiger partial charge in [-0.15, -0.1) is 0 Å². The summed E-state index contributed by atoms with van der Waals surface area (Å²) in [6, 6.07) is 0. The fourth-order valence-corrected chi connectivity index (χ4v) is 5.02. The molecule has 0 atom stereocenters. The van der Waals surface area contributed by atoms with Crippen molar-refractivity contribution < 1.29 is 2.96 Å². The zero-order valence-electron chi connectivity index (χ0n) is 4.41. The minimum atomic E-state index is -1.85. The molecule has 0 saturated carbocycles. The molecule has 0 aromatic carbocycles. The van der Waals surface area contributed by atoms with E-state index in [9.17, 15) is 4.91 Å². The van der Waals surface area contributed by atoms with Crippen LogP contribution in [0.5, 0.6) is 0 Å². The Morgan fingerprint density at radius 2 is 2.62 bits per heavy atom. The first kappa shape index (κ1) is 6.13. The molecule has 0 N–H and O–H groups in total. The molecule has 42 valence electrons. The van der Waals surface area contributed by atoms with Crippen LogP contribution in [0.3, 0.4) is 0 Å². The summed E-state index contributed by atoms with van der Waals surface area (Å²) in [4.78, 5) is 9.51. The second-order valence-corrected chi connectivity index (χ2v) is 8.15. The zero-order valence-corrected chi connectivity index (χ0v) is 7.71. The molecule has 1 heterocycles. The third-order valence-corrected chi connectivity index (χ3v) is 6.74. The number of nitrogens with zero attached hydrogens (tertiary/aromatic N) is 1. The number of rotatable bonds is 2. The normalized spacial score (nSPS) is 16.8. The predicted octanol–water partition coefficient (Wildman–Crippen LogP) is 1.18. The van der Waals surface area contributed by atoms with Crippen LogP contribution in [0.25, 0.3) is 0 Å². The Kier molecular flexibility index (Phi) is 2.39. The third-order valence-electron chi connectivity index (χ3n) is 1.15. The monoisotopic (exact) mass is 215 g/mol. The van der Waals surface area contributed by atoms with Gasteiger partial charge >= 0.3 is 55.6 Å². The number of hydrogen-bond acceptors (Lipinski definition) is 3. The van der Waals surface area contributed by atoms with Crippen molar-refractivity contribution in [3.63, 3.8) is 0 Å². The second-order valence-electron chi connectivity index (χ2n) is 1.72. The van der Waals surface area contributed by atoms with Crippen molar-refractivity contribution in [3.8, 4) is 0 Å². The van der Waals surface area contributed by atoms with E-state index in [1.165, 1.54) is 0 Å². The van der Waals surface area contributed by atoms with Crippen LogP contribution >= 0.6 is 0 Å². The summed E-state index contributed by atoms with van der Waals surface area (Å²) < 4.78 is 7.76. The van der Waals surface area contributed by atoms with Gasteiger partial charge in [0, 0.05) is 0 Å². The van der Waals surface area contributed by atoms with E-state index in [1.54, 1.807) is 0 Å². The Morgan fingerprint density at radius 3 is 3.12 bits per heavy atom. The van der Waals surface area contributed by atoms with E-state index in [1.807, 2.05) is 0 Å². The summed E-state index contributed by atoms with van der Waals surface area (Å²) in [7, 11) is 0. The summed E-state index contributed by atoms with van der Waals surface area (Å²) >= 11 is -1.85. The van der Waals surface area contributed by atoms with Crippen LogP contribution < -0.4 is 0 Å². The average molecular weight is 215 g/mol. The fraction of sp³-hybridized carbons (Fsp3) is 0.500. The van der Waals surface area contributed by atoms with Crippen LogP contribution in [0, 0.1) is 4.91 Å². The Labute approximate surface area is 55.8 Å². The van der Waals surface area contributed by atoms with Crippen molar-refractivity contribution in [1.29, 1.82) is 0 Å². The van der Waals surface area contributed by atoms with Gasteiger partial charge in [-0.1, -0.05) is 0 Å². The van der Waals surface area contributed by atoms with Gasteiger partial charge in [0.25, 0.3) is 0 Å². The SMILES string of the molecule is O=N[O][In]1[CH]=CC[CH2]1. The summed E-state index contributed by atoms with van der Waals surface area (Å²) in [6.07, 6.45) is 3.17. The molecule has 8 heavy (non-hydrogen) atoms. The van der Waals surface area contributed by atoms with E-state index in [-0.39, 0.29) is 0 Å². The quantitative estimate of drug-likeness (QED) is 0.512. The van der Waals surface area contributed by atoms with Gasteiger partial charge < -0.3 is 0 Å². The Balaban J connectivity index is 2.25. The van der Waals surface area contributed by atoms with Gasteiger partial charge in [-0.25, -0.2) is 0 Å². The number of allylic oxidation sites excluding steroid dienone is 1. The molecule has 0 fully saturated rings. The van der Waals surface area contributed by atoms with Crippen molar-refractivity contribution in [2.45, 2.75) is 10.6 Å². The summed E-state index contributed by atoms with van der Waals surface area (Å²) in [5.41, 5.74) is 0. The third kappa shape index (κ3) is 1.51. The van der Waals surface area contributed by atoms with Crippen molar-refractivity contribution >= 4 is 21.9 Å². The van der Waals surface area contributed by atoms with Gasteiger partial charge in [0.05, 0.1) is 0 Å². The molecule has 3 nitrogen and oxygen atoms in total. The number of hydrogen-bond donors (Lipinski definition) is 0. The Bertz CT molecular complexity index is 115. The van der Waals surface area contributed by atoms with E-state index in [4.69, 9.17) is 0 Å². The van der Waals surface area contributed by atoms with Crippen LogP contribution in [0.1, 0.15) is 6.42 Å². The van der Waals surface area contributed by atoms with Gasteiger partial charge in [-0.3, -0.25) is 0 Å². The van der Waals surface area contributed by atoms with E-state index < -0.39 is 21.9 Å². The zero-order chi connectivity index (χ0) is 5.82. The first-order valence-corrected chi connectivity index (χ1v) is 8.16. The molecule has 0 unspecified atom stereocenters. The summed E-state index contributed by atoms with van der Waals surface area (Å²) in [6.45, 7) is 0. The van der Waals surface area contributed by atoms with Crippen molar-refractivity contribution in [2.24, 2.45) is 5.34 Å². The molecule has 0 bridgehead atoms. The summed E-state index contributed by atoms with van der Waals surface area (Å²) in [5.74, 6) is 0. The van der Waals surface area contributed by atoms with Gasteiger partial charge in [0.2, 0.25) is 0 Å². The average Bonchev–Trinajstić information content (AvgIpc) is 2.19. The van der Waals surface area contributed by atoms with Crippen LogP contribution in [0.15, 0.2) is 15.2 Å². The molecular weight excluding hydrogens is 209 g/mol. The van der Waals surface area contributed by atoms with E-state index in [2.05, 4.69) is 18.2 Å². The van der Waals surface area contributed by atoms with Crippen LogP contribution in [-0.4, -0.2) is 21.9 Å². The van der Waals surface area contributed by atoms with E-state index >= 15 is 0 Å². The molecule has 1 aliphatic rings. The van der Waals surface area contributed by atoms with Crippen molar-refractivity contribution in [2.75, 3.05) is 0 Å². The molecule has 0 amide bonds. The molecule has 0 saturated heterocycles. The first-order chi connectivity index (χ1) is 3.93. The van der Waals surface area contributed by atoms with Crippen LogP contribution in [-0.2, 0) is 2.96 Å². The molecule has 0 aromatic rings. The molecule has 1 rings (SSSR count). The van der Waals surface area contributed by atoms with Gasteiger partial charge in [-0.2, -0.15) is 0 Å². The van der Waals surface area contributed by atoms with E-state index in [0.29, 0.717) is 0 Å². The van der Waals surface area contributed by atoms with Gasteiger partial charge in [0.1, 0.15) is 0 Å². The molecule has 1 aliphatic heterocycles. The molecule has 0 radical (unpaired) electrons. The molecule has 0 aromatic heterocycles. The topological polar surface area (TPSA) is 38.7 Å². The maximum absolute atomic E-state index is 9.51. The molecule has 0 spiro atoms. The van der Waals surface area contributed by atoms with Gasteiger partial charge in [-0.05, 0) is 0 Å². The summed E-state index contributed by atoms with van der Waals surface area (Å²) in [5, 5.41) is 2.41.